The number of carbonyl (C=O) groups is 2. The first-order chi connectivity index (χ1) is 7.02. The van der Waals surface area contributed by atoms with Gasteiger partial charge in [0.15, 0.2) is 0 Å². The van der Waals surface area contributed by atoms with Crippen LogP contribution >= 0.6 is 12.9 Å². The Hall–Kier alpha value is 0.186. The lowest BCUT2D eigenvalue weighted by atomic mass is 9.94. The van der Waals surface area contributed by atoms with Crippen LogP contribution in [0.3, 0.4) is 0 Å². The third-order valence-electron chi connectivity index (χ3n) is 2.34. The van der Waals surface area contributed by atoms with Gasteiger partial charge in [0, 0.05) is 19.0 Å². The highest BCUT2D eigenvalue weighted by atomic mass is 79.9. The van der Waals surface area contributed by atoms with Gasteiger partial charge in [-0.3, -0.25) is 4.79 Å². The molecule has 1 saturated heterocycles. The molecule has 84 valence electrons. The highest BCUT2D eigenvalue weighted by molar-refractivity contribution is 9.23. The molecule has 0 spiro atoms. The van der Waals surface area contributed by atoms with Crippen LogP contribution in [0.15, 0.2) is 0 Å². The summed E-state index contributed by atoms with van der Waals surface area (Å²) >= 11 is 3.51. The number of carboxylic acid groups (broad SMARTS) is 1. The maximum absolute atomic E-state index is 10.9. The van der Waals surface area contributed by atoms with Crippen LogP contribution in [0.2, 0.25) is 5.05 Å². The van der Waals surface area contributed by atoms with Gasteiger partial charge in [0.25, 0.3) is 0 Å². The van der Waals surface area contributed by atoms with Crippen LogP contribution in [0.4, 0.5) is 4.79 Å². The number of amides is 1. The Labute approximate surface area is 106 Å². The Morgan fingerprint density at radius 1 is 1.40 bits per heavy atom. The van der Waals surface area contributed by atoms with Gasteiger partial charge in [0.2, 0.25) is 0 Å². The molecule has 0 atom stereocenters. The minimum absolute atomic E-state index is 0.0839. The summed E-state index contributed by atoms with van der Waals surface area (Å²) in [6.07, 6.45) is 0.487. The van der Waals surface area contributed by atoms with Gasteiger partial charge in [-0.1, -0.05) is 0 Å². The Morgan fingerprint density at radius 3 is 2.07 bits per heavy atom. The topological polar surface area (TPSA) is 57.6 Å². The SMILES string of the molecule is CC(=O)C1CCN(C(=O)O)CC1.[CH3][Mg][Br]. The highest BCUT2D eigenvalue weighted by Crippen LogP contribution is 2.17. The van der Waals surface area contributed by atoms with E-state index in [4.69, 9.17) is 5.11 Å². The lowest BCUT2D eigenvalue weighted by Gasteiger charge is -2.28. The summed E-state index contributed by atoms with van der Waals surface area (Å²) in [5.74, 6) is 0.264. The molecule has 15 heavy (non-hydrogen) atoms. The van der Waals surface area contributed by atoms with Crippen molar-refractivity contribution in [1.29, 1.82) is 0 Å². The van der Waals surface area contributed by atoms with Crippen molar-refractivity contribution in [2.24, 2.45) is 5.92 Å². The molecule has 0 unspecified atom stereocenters. The molecule has 0 aromatic rings. The number of hydrogen-bond donors (Lipinski definition) is 1. The minimum atomic E-state index is -0.878. The van der Waals surface area contributed by atoms with Gasteiger partial charge in [-0.2, -0.15) is 0 Å². The summed E-state index contributed by atoms with van der Waals surface area (Å²) in [6.45, 7) is 2.57. The van der Waals surface area contributed by atoms with Crippen molar-refractivity contribution >= 4 is 43.0 Å². The second kappa shape index (κ2) is 8.35. The first kappa shape index (κ1) is 15.2. The molecule has 1 aliphatic heterocycles. The Kier molecular flexibility index (Phi) is 8.45. The molecule has 1 amide bonds. The summed E-state index contributed by atoms with van der Waals surface area (Å²) in [6, 6.07) is 0. The molecule has 6 heteroatoms. The maximum Gasteiger partial charge on any atom is 0.465 e. The van der Waals surface area contributed by atoms with E-state index in [1.54, 1.807) is 6.92 Å². The number of likely N-dealkylation sites (tertiary alicyclic amines) is 1. The standard InChI is InChI=1S/C8H13NO3.CH3.BrH.Mg/c1-6(10)7-2-4-9(5-3-7)8(11)12;;;/h7H,2-5H2,1H3,(H,11,12);1H3;1H;/q;;;+1/p-1. The summed E-state index contributed by atoms with van der Waals surface area (Å²) in [5, 5.41) is 10.8. The third-order valence-corrected chi connectivity index (χ3v) is 2.34. The van der Waals surface area contributed by atoms with E-state index in [2.05, 4.69) is 17.9 Å². The van der Waals surface area contributed by atoms with Gasteiger partial charge < -0.3 is 22.9 Å². The van der Waals surface area contributed by atoms with Crippen molar-refractivity contribution in [3.8, 4) is 0 Å². The summed E-state index contributed by atoms with van der Waals surface area (Å²) < 4.78 is 0. The molecular formula is C9H16BrMgNO3. The van der Waals surface area contributed by atoms with Crippen molar-refractivity contribution in [3.05, 3.63) is 0 Å². The van der Waals surface area contributed by atoms with Gasteiger partial charge in [-0.15, -0.1) is 5.05 Å². The summed E-state index contributed by atoms with van der Waals surface area (Å²) in [5.41, 5.74) is 0. The summed E-state index contributed by atoms with van der Waals surface area (Å²) in [4.78, 5) is 22.7. The van der Waals surface area contributed by atoms with E-state index in [0.717, 1.165) is 0 Å². The number of hydrogen-bond acceptors (Lipinski definition) is 2. The molecule has 1 heterocycles. The molecule has 0 saturated carbocycles. The van der Waals surface area contributed by atoms with E-state index in [1.165, 1.54) is 4.90 Å². The average molecular weight is 290 g/mol. The predicted molar refractivity (Wildman–Crippen MR) is 63.5 cm³/mol. The smallest absolute Gasteiger partial charge is 0.465 e. The molecule has 0 radical (unpaired) electrons. The first-order valence-corrected chi connectivity index (χ1v) is 10.4. The van der Waals surface area contributed by atoms with Crippen LogP contribution in [0.1, 0.15) is 19.8 Å². The fraction of sp³-hybridized carbons (Fsp3) is 0.778. The van der Waals surface area contributed by atoms with E-state index in [0.29, 0.717) is 25.9 Å². The number of piperidine rings is 1. The van der Waals surface area contributed by atoms with E-state index < -0.39 is 6.09 Å². The highest BCUT2D eigenvalue weighted by Gasteiger charge is 2.24. The Bertz CT molecular complexity index is 195. The quantitative estimate of drug-likeness (QED) is 0.752. The van der Waals surface area contributed by atoms with Crippen molar-refractivity contribution in [1.82, 2.24) is 4.90 Å². The Balaban J connectivity index is 0.000000583. The number of ketones is 1. The maximum atomic E-state index is 10.9. The largest absolute Gasteiger partial charge is 0.465 e. The zero-order valence-electron chi connectivity index (χ0n) is 9.20. The summed E-state index contributed by atoms with van der Waals surface area (Å²) in [7, 11) is 0. The fourth-order valence-corrected chi connectivity index (χ4v) is 1.48. The lowest BCUT2D eigenvalue weighted by molar-refractivity contribution is -0.122. The second-order valence-electron chi connectivity index (χ2n) is 3.42. The van der Waals surface area contributed by atoms with Gasteiger partial charge in [-0.05, 0) is 19.8 Å². The molecular weight excluding hydrogens is 274 g/mol. The van der Waals surface area contributed by atoms with Crippen molar-refractivity contribution in [2.75, 3.05) is 13.1 Å². The molecule has 0 aliphatic carbocycles. The number of nitrogens with zero attached hydrogens (tertiary/aromatic N) is 1. The predicted octanol–water partition coefficient (Wildman–Crippen LogP) is 2.01. The van der Waals surface area contributed by atoms with Gasteiger partial charge in [0.1, 0.15) is 5.78 Å². The van der Waals surface area contributed by atoms with Crippen LogP contribution in [-0.4, -0.2) is 53.2 Å². The van der Waals surface area contributed by atoms with E-state index in [1.807, 2.05) is 0 Å². The Morgan fingerprint density at radius 2 is 1.80 bits per heavy atom. The van der Waals surface area contributed by atoms with Crippen molar-refractivity contribution in [2.45, 2.75) is 24.8 Å². The number of carbonyl (C=O) groups excluding carboxylic acids is 1. The minimum Gasteiger partial charge on any atom is -0.465 e. The monoisotopic (exact) mass is 289 g/mol. The van der Waals surface area contributed by atoms with Gasteiger partial charge in [0.05, 0.1) is 0 Å². The average Bonchev–Trinajstić information content (AvgIpc) is 2.19. The van der Waals surface area contributed by atoms with E-state index in [-0.39, 0.29) is 29.9 Å². The second-order valence-corrected chi connectivity index (χ2v) is 7.32. The van der Waals surface area contributed by atoms with Crippen LogP contribution in [0, 0.1) is 5.92 Å². The normalized spacial score (nSPS) is 16.1. The first-order valence-electron chi connectivity index (χ1n) is 5.07. The van der Waals surface area contributed by atoms with Crippen molar-refractivity contribution < 1.29 is 14.7 Å². The number of rotatable bonds is 1. The number of halogens is 1. The molecule has 1 aliphatic rings. The molecule has 0 bridgehead atoms. The fourth-order valence-electron chi connectivity index (χ4n) is 1.48. The molecule has 1 fully saturated rings. The van der Waals surface area contributed by atoms with Crippen LogP contribution in [0.5, 0.6) is 0 Å². The van der Waals surface area contributed by atoms with Crippen molar-refractivity contribution in [3.63, 3.8) is 0 Å². The van der Waals surface area contributed by atoms with E-state index >= 15 is 0 Å². The van der Waals surface area contributed by atoms with Crippen LogP contribution in [-0.2, 0) is 4.79 Å². The molecule has 1 N–H and O–H groups in total. The molecule has 0 aromatic heterocycles. The van der Waals surface area contributed by atoms with Gasteiger partial charge >= 0.3 is 24.3 Å². The lowest BCUT2D eigenvalue weighted by Crippen LogP contribution is -2.38. The zero-order chi connectivity index (χ0) is 11.8. The number of Topliss-reactive ketones (excluding diaryl/α,β-unsaturated/α-hetero) is 1. The van der Waals surface area contributed by atoms with E-state index in [9.17, 15) is 9.59 Å². The van der Waals surface area contributed by atoms with Crippen LogP contribution in [0.25, 0.3) is 0 Å². The third kappa shape index (κ3) is 6.37. The van der Waals surface area contributed by atoms with Crippen LogP contribution < -0.4 is 0 Å². The zero-order valence-corrected chi connectivity index (χ0v) is 12.2. The van der Waals surface area contributed by atoms with Gasteiger partial charge in [-0.25, -0.2) is 4.79 Å². The molecule has 1 rings (SSSR count). The molecule has 4 nitrogen and oxygen atoms in total. The molecule has 0 aromatic carbocycles.